The van der Waals surface area contributed by atoms with Gasteiger partial charge in [0.1, 0.15) is 0 Å². The van der Waals surface area contributed by atoms with Gasteiger partial charge in [-0.25, -0.2) is 0 Å². The lowest BCUT2D eigenvalue weighted by molar-refractivity contribution is -0.116. The number of aliphatic hydroxyl groups is 1. The zero-order valence-corrected chi connectivity index (χ0v) is 20.2. The number of allylic oxidation sites excluding steroid dienone is 1. The monoisotopic (exact) mass is 451 g/mol. The molecule has 0 spiro atoms. The molecule has 1 heterocycles. The lowest BCUT2D eigenvalue weighted by atomic mass is 9.48. The minimum absolute atomic E-state index is 0.0420. The van der Waals surface area contributed by atoms with Gasteiger partial charge in [0.05, 0.1) is 6.10 Å². The number of ketones is 1. The van der Waals surface area contributed by atoms with Crippen LogP contribution in [0.3, 0.4) is 0 Å². The molecule has 3 saturated carbocycles. The third kappa shape index (κ3) is 3.39. The Labute approximate surface area is 197 Å². The number of anilines is 1. The van der Waals surface area contributed by atoms with Crippen LogP contribution in [0.5, 0.6) is 0 Å². The highest BCUT2D eigenvalue weighted by atomic mass is 32.2. The molecule has 5 aliphatic rings. The van der Waals surface area contributed by atoms with Crippen LogP contribution in [-0.4, -0.2) is 41.6 Å². The third-order valence-corrected chi connectivity index (χ3v) is 10.9. The highest BCUT2D eigenvalue weighted by Gasteiger charge is 2.59. The van der Waals surface area contributed by atoms with Gasteiger partial charge in [0.15, 0.2) is 5.78 Å². The van der Waals surface area contributed by atoms with Crippen LogP contribution in [0.2, 0.25) is 0 Å². The molecule has 6 rings (SSSR count). The van der Waals surface area contributed by atoms with Gasteiger partial charge in [0, 0.05) is 36.7 Å². The predicted molar refractivity (Wildman–Crippen MR) is 132 cm³/mol. The summed E-state index contributed by atoms with van der Waals surface area (Å²) in [6.45, 7) is 4.68. The fourth-order valence-corrected chi connectivity index (χ4v) is 9.28. The molecule has 4 heteroatoms. The number of thioether (sulfide) groups is 1. The standard InChI is InChI=1S/C28H37NO2S/c1-28-17-24(18-2-5-20(6-3-18)29-12-14-32-15-13-29)27-22-9-7-21(30)16-19(22)4-8-23(27)25(28)10-11-26(28)31/h2-3,5-6,16,22-27,31H,4,7-15,17H2,1H3. The number of hydrogen-bond acceptors (Lipinski definition) is 4. The summed E-state index contributed by atoms with van der Waals surface area (Å²) in [7, 11) is 0. The van der Waals surface area contributed by atoms with Crippen LogP contribution in [0, 0.1) is 29.1 Å². The lowest BCUT2D eigenvalue weighted by Gasteiger charge is -2.57. The Hall–Kier alpha value is -1.26. The molecule has 3 nitrogen and oxygen atoms in total. The average molecular weight is 452 g/mol. The van der Waals surface area contributed by atoms with Gasteiger partial charge in [0.2, 0.25) is 0 Å². The molecule has 172 valence electrons. The van der Waals surface area contributed by atoms with Crippen LogP contribution >= 0.6 is 11.8 Å². The summed E-state index contributed by atoms with van der Waals surface area (Å²) in [5.74, 6) is 5.80. The third-order valence-electron chi connectivity index (χ3n) is 9.95. The molecule has 32 heavy (non-hydrogen) atoms. The van der Waals surface area contributed by atoms with Gasteiger partial charge in [-0.1, -0.05) is 24.6 Å². The van der Waals surface area contributed by atoms with Crippen LogP contribution < -0.4 is 4.90 Å². The maximum atomic E-state index is 12.2. The summed E-state index contributed by atoms with van der Waals surface area (Å²) >= 11 is 2.06. The van der Waals surface area contributed by atoms with Crippen molar-refractivity contribution < 1.29 is 9.90 Å². The van der Waals surface area contributed by atoms with Crippen LogP contribution in [-0.2, 0) is 4.79 Å². The highest BCUT2D eigenvalue weighted by Crippen LogP contribution is 2.65. The molecule has 7 unspecified atom stereocenters. The second-order valence-corrected chi connectivity index (χ2v) is 12.5. The molecule has 0 amide bonds. The molecular weight excluding hydrogens is 414 g/mol. The molecule has 0 bridgehead atoms. The predicted octanol–water partition coefficient (Wildman–Crippen LogP) is 5.44. The van der Waals surface area contributed by atoms with E-state index in [1.54, 1.807) is 0 Å². The topological polar surface area (TPSA) is 40.5 Å². The summed E-state index contributed by atoms with van der Waals surface area (Å²) < 4.78 is 0. The molecule has 1 aliphatic heterocycles. The first-order valence-electron chi connectivity index (χ1n) is 12.9. The number of hydrogen-bond donors (Lipinski definition) is 1. The second-order valence-electron chi connectivity index (χ2n) is 11.3. The van der Waals surface area contributed by atoms with Gasteiger partial charge < -0.3 is 10.0 Å². The van der Waals surface area contributed by atoms with Gasteiger partial charge in [0.25, 0.3) is 0 Å². The summed E-state index contributed by atoms with van der Waals surface area (Å²) in [4.78, 5) is 14.7. The van der Waals surface area contributed by atoms with E-state index in [1.807, 2.05) is 6.08 Å². The Morgan fingerprint density at radius 3 is 2.56 bits per heavy atom. The average Bonchev–Trinajstić information content (AvgIpc) is 3.13. The van der Waals surface area contributed by atoms with Crippen molar-refractivity contribution in [2.45, 2.75) is 63.9 Å². The van der Waals surface area contributed by atoms with Crippen molar-refractivity contribution in [3.05, 3.63) is 41.5 Å². The summed E-state index contributed by atoms with van der Waals surface area (Å²) in [6.07, 6.45) is 9.15. The van der Waals surface area contributed by atoms with Crippen molar-refractivity contribution in [2.24, 2.45) is 29.1 Å². The Bertz CT molecular complexity index is 905. The van der Waals surface area contributed by atoms with Crippen molar-refractivity contribution in [1.29, 1.82) is 0 Å². The van der Waals surface area contributed by atoms with E-state index in [9.17, 15) is 9.90 Å². The van der Waals surface area contributed by atoms with Crippen molar-refractivity contribution in [3.63, 3.8) is 0 Å². The van der Waals surface area contributed by atoms with Gasteiger partial charge in [-0.2, -0.15) is 11.8 Å². The number of nitrogens with zero attached hydrogens (tertiary/aromatic N) is 1. The smallest absolute Gasteiger partial charge is 0.155 e. The molecule has 7 atom stereocenters. The maximum absolute atomic E-state index is 12.2. The zero-order chi connectivity index (χ0) is 21.9. The van der Waals surface area contributed by atoms with Crippen molar-refractivity contribution in [3.8, 4) is 0 Å². The zero-order valence-electron chi connectivity index (χ0n) is 19.3. The normalized spacial score (nSPS) is 41.5. The number of aliphatic hydroxyl groups excluding tert-OH is 1. The number of fused-ring (bicyclic) bond motifs is 5. The van der Waals surface area contributed by atoms with Crippen molar-refractivity contribution in [1.82, 2.24) is 0 Å². The SMILES string of the molecule is CC12CC(c3ccc(N4CCSCC4)cc3)C3C4CCC(=O)C=C4CCC3C1CCC2O. The number of rotatable bonds is 2. The van der Waals surface area contributed by atoms with E-state index >= 15 is 0 Å². The number of benzene rings is 1. The number of carbonyl (C=O) groups is 1. The van der Waals surface area contributed by atoms with Gasteiger partial charge in [-0.3, -0.25) is 4.79 Å². The Morgan fingerprint density at radius 2 is 1.78 bits per heavy atom. The second kappa shape index (κ2) is 8.20. The minimum atomic E-state index is -0.161. The molecule has 1 N–H and O–H groups in total. The summed E-state index contributed by atoms with van der Waals surface area (Å²) in [6, 6.07) is 9.50. The van der Waals surface area contributed by atoms with Crippen molar-refractivity contribution in [2.75, 3.05) is 29.5 Å². The summed E-state index contributed by atoms with van der Waals surface area (Å²) in [5, 5.41) is 11.1. The molecule has 1 aromatic carbocycles. The largest absolute Gasteiger partial charge is 0.393 e. The Morgan fingerprint density at radius 1 is 1.00 bits per heavy atom. The minimum Gasteiger partial charge on any atom is -0.393 e. The van der Waals surface area contributed by atoms with Crippen LogP contribution in [0.15, 0.2) is 35.9 Å². The molecule has 0 aromatic heterocycles. The van der Waals surface area contributed by atoms with Crippen LogP contribution in [0.4, 0.5) is 5.69 Å². The van der Waals surface area contributed by atoms with E-state index in [2.05, 4.69) is 47.9 Å². The molecule has 0 radical (unpaired) electrons. The lowest BCUT2D eigenvalue weighted by Crippen LogP contribution is -2.50. The van der Waals surface area contributed by atoms with Crippen LogP contribution in [0.1, 0.15) is 63.4 Å². The van der Waals surface area contributed by atoms with Gasteiger partial charge >= 0.3 is 0 Å². The first-order chi connectivity index (χ1) is 15.5. The fourth-order valence-electron chi connectivity index (χ4n) is 8.38. The van der Waals surface area contributed by atoms with Gasteiger partial charge in [-0.05, 0) is 97.3 Å². The van der Waals surface area contributed by atoms with E-state index in [4.69, 9.17) is 0 Å². The molecule has 4 aliphatic carbocycles. The van der Waals surface area contributed by atoms with E-state index in [1.165, 1.54) is 41.2 Å². The molecule has 1 saturated heterocycles. The fraction of sp³-hybridized carbons (Fsp3) is 0.679. The van der Waals surface area contributed by atoms with Gasteiger partial charge in [-0.15, -0.1) is 0 Å². The highest BCUT2D eigenvalue weighted by molar-refractivity contribution is 7.99. The Balaban J connectivity index is 1.36. The maximum Gasteiger partial charge on any atom is 0.155 e. The summed E-state index contributed by atoms with van der Waals surface area (Å²) in [5.41, 5.74) is 4.31. The molecular formula is C28H37NO2S. The van der Waals surface area contributed by atoms with Crippen LogP contribution in [0.25, 0.3) is 0 Å². The van der Waals surface area contributed by atoms with E-state index < -0.39 is 0 Å². The van der Waals surface area contributed by atoms with Crippen molar-refractivity contribution >= 4 is 23.2 Å². The quantitative estimate of drug-likeness (QED) is 0.650. The van der Waals surface area contributed by atoms with E-state index in [-0.39, 0.29) is 11.5 Å². The van der Waals surface area contributed by atoms with E-state index in [0.717, 1.165) is 45.2 Å². The first-order valence-corrected chi connectivity index (χ1v) is 14.0. The first kappa shape index (κ1) is 21.3. The number of carbonyl (C=O) groups excluding carboxylic acids is 1. The molecule has 1 aromatic rings. The van der Waals surface area contributed by atoms with E-state index in [0.29, 0.717) is 35.4 Å². The molecule has 4 fully saturated rings. The Kier molecular flexibility index (Phi) is 5.45.